The van der Waals surface area contributed by atoms with E-state index in [0.717, 1.165) is 14.3 Å². The van der Waals surface area contributed by atoms with E-state index in [-0.39, 0.29) is 11.3 Å². The van der Waals surface area contributed by atoms with E-state index in [4.69, 9.17) is 10.5 Å². The van der Waals surface area contributed by atoms with Crippen LogP contribution in [-0.4, -0.2) is 22.6 Å². The molecule has 2 heterocycles. The first-order chi connectivity index (χ1) is 13.0. The molecule has 0 aliphatic carbocycles. The van der Waals surface area contributed by atoms with E-state index in [1.165, 1.54) is 11.7 Å². The number of benzene rings is 2. The summed E-state index contributed by atoms with van der Waals surface area (Å²) >= 11 is 2.17. The molecule has 6 nitrogen and oxygen atoms in total. The molecule has 4 rings (SSSR count). The lowest BCUT2D eigenvalue weighted by atomic mass is 10.1. The van der Waals surface area contributed by atoms with Crippen LogP contribution < -0.4 is 11.3 Å². The third-order valence-electron chi connectivity index (χ3n) is 4.45. The van der Waals surface area contributed by atoms with Gasteiger partial charge >= 0.3 is 5.97 Å². The average molecular weight is 471 g/mol. The number of ether oxygens (including phenoxy) is 1. The molecule has 0 atom stereocenters. The van der Waals surface area contributed by atoms with Crippen LogP contribution >= 0.6 is 22.6 Å². The Balaban J connectivity index is 2.16. The van der Waals surface area contributed by atoms with Crippen molar-refractivity contribution >= 4 is 55.9 Å². The number of methoxy groups -OCH3 is 1. The number of aromatic nitrogens is 2. The summed E-state index contributed by atoms with van der Waals surface area (Å²) in [6.45, 7) is 0. The molecule has 0 saturated carbocycles. The molecule has 0 saturated heterocycles. The van der Waals surface area contributed by atoms with Crippen molar-refractivity contribution in [2.75, 3.05) is 12.8 Å². The van der Waals surface area contributed by atoms with E-state index in [0.29, 0.717) is 16.6 Å². The average Bonchev–Trinajstić information content (AvgIpc) is 2.67. The van der Waals surface area contributed by atoms with Gasteiger partial charge in [0.2, 0.25) is 0 Å². The highest BCUT2D eigenvalue weighted by molar-refractivity contribution is 14.1. The SMILES string of the molecule is COC(=O)c1c(N)c2ccc(I)cc2n(-c2ccc3ccncc3c2)c1=O. The van der Waals surface area contributed by atoms with Crippen molar-refractivity contribution in [3.05, 3.63) is 74.3 Å². The smallest absolute Gasteiger partial charge is 0.345 e. The quantitative estimate of drug-likeness (QED) is 0.357. The predicted octanol–water partition coefficient (Wildman–Crippen LogP) is 3.51. The van der Waals surface area contributed by atoms with Crippen molar-refractivity contribution in [3.8, 4) is 5.69 Å². The maximum Gasteiger partial charge on any atom is 0.345 e. The number of anilines is 1. The molecule has 0 amide bonds. The second-order valence-corrected chi connectivity index (χ2v) is 7.24. The fourth-order valence-corrected chi connectivity index (χ4v) is 3.63. The zero-order valence-electron chi connectivity index (χ0n) is 14.3. The number of halogens is 1. The molecule has 0 radical (unpaired) electrons. The van der Waals surface area contributed by atoms with Gasteiger partial charge in [-0.05, 0) is 64.4 Å². The molecule has 0 spiro atoms. The van der Waals surface area contributed by atoms with Crippen LogP contribution in [0, 0.1) is 3.57 Å². The van der Waals surface area contributed by atoms with Gasteiger partial charge in [-0.15, -0.1) is 0 Å². The Labute approximate surface area is 167 Å². The second kappa shape index (κ2) is 6.66. The maximum atomic E-state index is 13.2. The summed E-state index contributed by atoms with van der Waals surface area (Å²) in [4.78, 5) is 29.6. The topological polar surface area (TPSA) is 87.2 Å². The lowest BCUT2D eigenvalue weighted by Gasteiger charge is -2.16. The monoisotopic (exact) mass is 471 g/mol. The van der Waals surface area contributed by atoms with Gasteiger partial charge in [0.25, 0.3) is 5.56 Å². The van der Waals surface area contributed by atoms with Gasteiger partial charge < -0.3 is 10.5 Å². The summed E-state index contributed by atoms with van der Waals surface area (Å²) in [6.07, 6.45) is 3.44. The Hall–Kier alpha value is -2.94. The first kappa shape index (κ1) is 17.5. The van der Waals surface area contributed by atoms with Crippen LogP contribution in [0.25, 0.3) is 27.4 Å². The van der Waals surface area contributed by atoms with E-state index in [9.17, 15) is 9.59 Å². The Morgan fingerprint density at radius 2 is 1.96 bits per heavy atom. The molecule has 4 aromatic rings. The minimum Gasteiger partial charge on any atom is -0.465 e. The number of fused-ring (bicyclic) bond motifs is 2. The minimum absolute atomic E-state index is 0.122. The molecule has 0 unspecified atom stereocenters. The molecule has 0 aliphatic rings. The zero-order valence-corrected chi connectivity index (χ0v) is 16.4. The molecule has 7 heteroatoms. The van der Waals surface area contributed by atoms with Crippen molar-refractivity contribution in [3.63, 3.8) is 0 Å². The first-order valence-corrected chi connectivity index (χ1v) is 9.15. The Morgan fingerprint density at radius 1 is 1.15 bits per heavy atom. The molecule has 0 bridgehead atoms. The Kier molecular flexibility index (Phi) is 4.31. The van der Waals surface area contributed by atoms with E-state index in [1.54, 1.807) is 18.5 Å². The summed E-state index contributed by atoms with van der Waals surface area (Å²) in [6, 6.07) is 13.0. The molecule has 2 aromatic carbocycles. The maximum absolute atomic E-state index is 13.2. The van der Waals surface area contributed by atoms with E-state index >= 15 is 0 Å². The fraction of sp³-hybridized carbons (Fsp3) is 0.0500. The third kappa shape index (κ3) is 2.84. The van der Waals surface area contributed by atoms with Crippen LogP contribution in [0.4, 0.5) is 5.69 Å². The number of nitrogen functional groups attached to an aromatic ring is 1. The largest absolute Gasteiger partial charge is 0.465 e. The van der Waals surface area contributed by atoms with Gasteiger partial charge in [-0.25, -0.2) is 4.79 Å². The number of rotatable bonds is 2. The highest BCUT2D eigenvalue weighted by atomic mass is 127. The number of esters is 1. The van der Waals surface area contributed by atoms with Crippen molar-refractivity contribution in [2.45, 2.75) is 0 Å². The van der Waals surface area contributed by atoms with Crippen LogP contribution in [0.3, 0.4) is 0 Å². The number of carbonyl (C=O) groups excluding carboxylic acids is 1. The number of carbonyl (C=O) groups is 1. The number of nitrogens with zero attached hydrogens (tertiary/aromatic N) is 2. The summed E-state index contributed by atoms with van der Waals surface area (Å²) < 4.78 is 7.23. The molecule has 2 aromatic heterocycles. The third-order valence-corrected chi connectivity index (χ3v) is 5.12. The molecular weight excluding hydrogens is 457 g/mol. The van der Waals surface area contributed by atoms with Gasteiger partial charge in [-0.2, -0.15) is 0 Å². The molecule has 134 valence electrons. The standard InChI is InChI=1S/C20H14IN3O3/c1-27-20(26)17-18(22)15-5-3-13(21)9-16(15)24(19(17)25)14-4-2-11-6-7-23-10-12(11)8-14/h2-10H,22H2,1H3. The van der Waals surface area contributed by atoms with Gasteiger partial charge in [0.15, 0.2) is 0 Å². The highest BCUT2D eigenvalue weighted by Crippen LogP contribution is 2.28. The normalized spacial score (nSPS) is 11.0. The van der Waals surface area contributed by atoms with Gasteiger partial charge in [-0.3, -0.25) is 14.3 Å². The number of pyridine rings is 2. The minimum atomic E-state index is -0.755. The number of hydrogen-bond donors (Lipinski definition) is 1. The number of hydrogen-bond acceptors (Lipinski definition) is 5. The fourth-order valence-electron chi connectivity index (χ4n) is 3.16. The second-order valence-electron chi connectivity index (χ2n) is 5.99. The van der Waals surface area contributed by atoms with Crippen LogP contribution in [0.2, 0.25) is 0 Å². The summed E-state index contributed by atoms with van der Waals surface area (Å²) in [5, 5.41) is 2.50. The molecule has 2 N–H and O–H groups in total. The Morgan fingerprint density at radius 3 is 2.74 bits per heavy atom. The van der Waals surface area contributed by atoms with Crippen LogP contribution in [0.5, 0.6) is 0 Å². The van der Waals surface area contributed by atoms with Crippen LogP contribution in [0.15, 0.2) is 59.7 Å². The van der Waals surface area contributed by atoms with Gasteiger partial charge in [0.05, 0.1) is 18.3 Å². The summed E-state index contributed by atoms with van der Waals surface area (Å²) in [5.41, 5.74) is 6.84. The summed E-state index contributed by atoms with van der Waals surface area (Å²) in [5.74, 6) is -0.755. The van der Waals surface area contributed by atoms with Crippen LogP contribution in [0.1, 0.15) is 10.4 Å². The zero-order chi connectivity index (χ0) is 19.1. The molecular formula is C20H14IN3O3. The van der Waals surface area contributed by atoms with Gasteiger partial charge in [-0.1, -0.05) is 6.07 Å². The van der Waals surface area contributed by atoms with Crippen molar-refractivity contribution in [2.24, 2.45) is 0 Å². The number of nitrogens with two attached hydrogens (primary N) is 1. The van der Waals surface area contributed by atoms with Crippen molar-refractivity contribution in [1.82, 2.24) is 9.55 Å². The highest BCUT2D eigenvalue weighted by Gasteiger charge is 2.22. The molecule has 0 aliphatic heterocycles. The van der Waals surface area contributed by atoms with Crippen LogP contribution in [-0.2, 0) is 4.74 Å². The van der Waals surface area contributed by atoms with E-state index in [1.807, 2.05) is 36.4 Å². The van der Waals surface area contributed by atoms with Gasteiger partial charge in [0, 0.05) is 32.4 Å². The van der Waals surface area contributed by atoms with E-state index < -0.39 is 11.5 Å². The lowest BCUT2D eigenvalue weighted by molar-refractivity contribution is 0.0600. The first-order valence-electron chi connectivity index (χ1n) is 8.07. The lowest BCUT2D eigenvalue weighted by Crippen LogP contribution is -2.28. The molecule has 27 heavy (non-hydrogen) atoms. The van der Waals surface area contributed by atoms with Crippen molar-refractivity contribution < 1.29 is 9.53 Å². The Bertz CT molecular complexity index is 1280. The predicted molar refractivity (Wildman–Crippen MR) is 113 cm³/mol. The summed E-state index contributed by atoms with van der Waals surface area (Å²) in [7, 11) is 1.23. The van der Waals surface area contributed by atoms with E-state index in [2.05, 4.69) is 27.6 Å². The van der Waals surface area contributed by atoms with Gasteiger partial charge in [0.1, 0.15) is 5.56 Å². The van der Waals surface area contributed by atoms with Crippen molar-refractivity contribution in [1.29, 1.82) is 0 Å². The molecule has 0 fully saturated rings.